The van der Waals surface area contributed by atoms with Gasteiger partial charge in [0.25, 0.3) is 10.1 Å². The Hall–Kier alpha value is -1.80. The summed E-state index contributed by atoms with van der Waals surface area (Å²) < 4.78 is 39.1. The molecule has 1 aromatic rings. The van der Waals surface area contributed by atoms with E-state index in [0.29, 0.717) is 11.4 Å². The first-order valence-electron chi connectivity index (χ1n) is 6.84. The fraction of sp³-hybridized carbons (Fsp3) is 0.500. The first kappa shape index (κ1) is 16.6. The van der Waals surface area contributed by atoms with Gasteiger partial charge < -0.3 is 14.7 Å². The molecule has 2 unspecified atom stereocenters. The summed E-state index contributed by atoms with van der Waals surface area (Å²) in [6.07, 6.45) is -0.872. The zero-order valence-electron chi connectivity index (χ0n) is 12.6. The molecule has 0 saturated heterocycles. The average Bonchev–Trinajstić information content (AvgIpc) is 2.36. The third-order valence-corrected chi connectivity index (χ3v) is 4.74. The highest BCUT2D eigenvalue weighted by Gasteiger charge is 2.46. The predicted molar refractivity (Wildman–Crippen MR) is 80.8 cm³/mol. The highest BCUT2D eigenvalue weighted by molar-refractivity contribution is 7.86. The van der Waals surface area contributed by atoms with Gasteiger partial charge in [-0.05, 0) is 24.5 Å². The maximum atomic E-state index is 11.8. The fourth-order valence-electron chi connectivity index (χ4n) is 2.64. The van der Waals surface area contributed by atoms with E-state index in [1.807, 2.05) is 0 Å². The van der Waals surface area contributed by atoms with Crippen LogP contribution in [0.5, 0.6) is 5.75 Å². The van der Waals surface area contributed by atoms with Gasteiger partial charge in [0.15, 0.2) is 5.37 Å². The van der Waals surface area contributed by atoms with Gasteiger partial charge in [0.05, 0.1) is 5.69 Å². The quantitative estimate of drug-likeness (QED) is 0.807. The number of fused-ring (bicyclic) bond motifs is 1. The number of rotatable bonds is 4. The molecule has 0 amide bonds. The van der Waals surface area contributed by atoms with Gasteiger partial charge in [-0.3, -0.25) is 9.35 Å². The summed E-state index contributed by atoms with van der Waals surface area (Å²) in [5.74, 6) is -0.983. The number of ether oxygens (including phenoxy) is 1. The predicted octanol–water partition coefficient (Wildman–Crippen LogP) is 1.52. The maximum absolute atomic E-state index is 11.8. The van der Waals surface area contributed by atoms with Crippen LogP contribution in [0.25, 0.3) is 0 Å². The second-order valence-electron chi connectivity index (χ2n) is 5.68. The van der Waals surface area contributed by atoms with Gasteiger partial charge in [0.1, 0.15) is 18.4 Å². The van der Waals surface area contributed by atoms with E-state index in [4.69, 9.17) is 9.84 Å². The van der Waals surface area contributed by atoms with E-state index in [1.165, 1.54) is 4.90 Å². The van der Waals surface area contributed by atoms with Crippen molar-refractivity contribution in [1.82, 2.24) is 0 Å². The topological polar surface area (TPSA) is 104 Å². The molecule has 1 aromatic carbocycles. The molecule has 2 rings (SSSR count). The second-order valence-corrected chi connectivity index (χ2v) is 7.19. The van der Waals surface area contributed by atoms with E-state index in [2.05, 4.69) is 0 Å². The van der Waals surface area contributed by atoms with Crippen LogP contribution in [0.15, 0.2) is 18.2 Å². The summed E-state index contributed by atoms with van der Waals surface area (Å²) in [4.78, 5) is 12.3. The van der Waals surface area contributed by atoms with Gasteiger partial charge in [-0.2, -0.15) is 8.42 Å². The normalized spacial score (nSPS) is 21.4. The zero-order valence-corrected chi connectivity index (χ0v) is 13.4. The van der Waals surface area contributed by atoms with Crippen molar-refractivity contribution in [3.63, 3.8) is 0 Å². The lowest BCUT2D eigenvalue weighted by Gasteiger charge is -2.42. The largest absolute Gasteiger partial charge is 0.484 e. The molecule has 2 N–H and O–H groups in total. The molecule has 0 spiro atoms. The van der Waals surface area contributed by atoms with Gasteiger partial charge in [0, 0.05) is 0 Å². The molecular weight excluding hydrogens is 310 g/mol. The van der Waals surface area contributed by atoms with Crippen LogP contribution in [-0.4, -0.2) is 42.1 Å². The standard InChI is InChI=1S/C14H19NO6S/c1-8(2)12-14(22(18,19)20)15(7-11(16)17)10-6-4-5-9(3)13(10)21-12/h4-6,8,12,14H,7H2,1-3H3,(H,16,17)(H,18,19,20). The maximum Gasteiger partial charge on any atom is 0.323 e. The first-order valence-corrected chi connectivity index (χ1v) is 8.34. The van der Waals surface area contributed by atoms with Crippen molar-refractivity contribution in [3.8, 4) is 5.75 Å². The summed E-state index contributed by atoms with van der Waals surface area (Å²) >= 11 is 0. The van der Waals surface area contributed by atoms with Crippen LogP contribution in [0.3, 0.4) is 0 Å². The number of aliphatic carboxylic acids is 1. The van der Waals surface area contributed by atoms with Gasteiger partial charge in [0.2, 0.25) is 0 Å². The molecule has 1 heterocycles. The summed E-state index contributed by atoms with van der Waals surface area (Å²) in [5.41, 5.74) is 1.12. The fourth-order valence-corrected chi connectivity index (χ4v) is 3.86. The van der Waals surface area contributed by atoms with Crippen LogP contribution in [0.4, 0.5) is 5.69 Å². The number of carbonyl (C=O) groups is 1. The summed E-state index contributed by atoms with van der Waals surface area (Å²) in [6, 6.07) is 5.06. The molecule has 0 fully saturated rings. The molecule has 7 nitrogen and oxygen atoms in total. The number of hydrogen-bond acceptors (Lipinski definition) is 5. The van der Waals surface area contributed by atoms with E-state index >= 15 is 0 Å². The van der Waals surface area contributed by atoms with Crippen LogP contribution in [0.1, 0.15) is 19.4 Å². The van der Waals surface area contributed by atoms with Crippen LogP contribution in [0.2, 0.25) is 0 Å². The van der Waals surface area contributed by atoms with E-state index in [-0.39, 0.29) is 5.92 Å². The van der Waals surface area contributed by atoms with E-state index < -0.39 is 34.1 Å². The first-order chi connectivity index (χ1) is 10.1. The number of benzene rings is 1. The molecule has 22 heavy (non-hydrogen) atoms. The lowest BCUT2D eigenvalue weighted by Crippen LogP contribution is -2.57. The molecule has 2 atom stereocenters. The number of nitrogens with zero attached hydrogens (tertiary/aromatic N) is 1. The molecular formula is C14H19NO6S. The van der Waals surface area contributed by atoms with Crippen LogP contribution < -0.4 is 9.64 Å². The van der Waals surface area contributed by atoms with Crippen molar-refractivity contribution in [2.24, 2.45) is 5.92 Å². The van der Waals surface area contributed by atoms with Crippen molar-refractivity contribution in [2.75, 3.05) is 11.4 Å². The van der Waals surface area contributed by atoms with Crippen molar-refractivity contribution in [3.05, 3.63) is 23.8 Å². The highest BCUT2D eigenvalue weighted by Crippen LogP contribution is 2.41. The van der Waals surface area contributed by atoms with Gasteiger partial charge in [-0.15, -0.1) is 0 Å². The number of carboxylic acid groups (broad SMARTS) is 1. The monoisotopic (exact) mass is 329 g/mol. The lowest BCUT2D eigenvalue weighted by molar-refractivity contribution is -0.135. The Morgan fingerprint density at radius 3 is 2.55 bits per heavy atom. The Balaban J connectivity index is 2.66. The summed E-state index contributed by atoms with van der Waals surface area (Å²) in [6.45, 7) is 4.76. The van der Waals surface area contributed by atoms with E-state index in [0.717, 1.165) is 5.56 Å². The van der Waals surface area contributed by atoms with Crippen LogP contribution in [-0.2, 0) is 14.9 Å². The minimum atomic E-state index is -4.53. The third-order valence-electron chi connectivity index (χ3n) is 3.61. The van der Waals surface area contributed by atoms with Crippen molar-refractivity contribution < 1.29 is 27.6 Å². The smallest absolute Gasteiger partial charge is 0.323 e. The summed E-state index contributed by atoms with van der Waals surface area (Å²) in [7, 11) is -4.53. The minimum absolute atomic E-state index is 0.240. The minimum Gasteiger partial charge on any atom is -0.484 e. The number of carboxylic acids is 1. The molecule has 0 aromatic heterocycles. The van der Waals surface area contributed by atoms with E-state index in [9.17, 15) is 17.8 Å². The Kier molecular flexibility index (Phi) is 4.35. The third kappa shape index (κ3) is 3.02. The van der Waals surface area contributed by atoms with Crippen molar-refractivity contribution in [2.45, 2.75) is 32.2 Å². The van der Waals surface area contributed by atoms with Crippen LogP contribution >= 0.6 is 0 Å². The molecule has 0 bridgehead atoms. The highest BCUT2D eigenvalue weighted by atomic mass is 32.2. The number of hydrogen-bond donors (Lipinski definition) is 2. The van der Waals surface area contributed by atoms with Gasteiger partial charge >= 0.3 is 5.97 Å². The van der Waals surface area contributed by atoms with Gasteiger partial charge in [-0.1, -0.05) is 26.0 Å². The second kappa shape index (κ2) is 5.77. The molecule has 0 saturated carbocycles. The number of anilines is 1. The SMILES string of the molecule is Cc1cccc2c1OC(C(C)C)C(S(=O)(=O)O)N2CC(=O)O. The van der Waals surface area contributed by atoms with Crippen molar-refractivity contribution in [1.29, 1.82) is 0 Å². The molecule has 1 aliphatic heterocycles. The lowest BCUT2D eigenvalue weighted by atomic mass is 10.0. The molecule has 8 heteroatoms. The average molecular weight is 329 g/mol. The van der Waals surface area contributed by atoms with Crippen molar-refractivity contribution >= 4 is 21.8 Å². The molecule has 0 aliphatic carbocycles. The Morgan fingerprint density at radius 1 is 1.41 bits per heavy atom. The Bertz CT molecular complexity index is 685. The summed E-state index contributed by atoms with van der Waals surface area (Å²) in [5, 5.41) is 7.65. The molecule has 0 radical (unpaired) electrons. The Morgan fingerprint density at radius 2 is 2.05 bits per heavy atom. The zero-order chi connectivity index (χ0) is 16.7. The number of para-hydroxylation sites is 1. The van der Waals surface area contributed by atoms with Gasteiger partial charge in [-0.25, -0.2) is 0 Å². The van der Waals surface area contributed by atoms with Crippen LogP contribution in [0, 0.1) is 12.8 Å². The Labute approximate surface area is 129 Å². The molecule has 122 valence electrons. The number of aryl methyl sites for hydroxylation is 1. The van der Waals surface area contributed by atoms with E-state index in [1.54, 1.807) is 39.0 Å². The molecule has 1 aliphatic rings.